The molecule has 0 radical (unpaired) electrons. The van der Waals surface area contributed by atoms with Crippen LogP contribution in [0.2, 0.25) is 0 Å². The van der Waals surface area contributed by atoms with Crippen molar-refractivity contribution in [2.24, 2.45) is 0 Å². The van der Waals surface area contributed by atoms with Gasteiger partial charge in [-0.3, -0.25) is 4.90 Å². The molecule has 8 heteroatoms. The van der Waals surface area contributed by atoms with Gasteiger partial charge in [0.05, 0.1) is 24.9 Å². The smallest absolute Gasteiger partial charge is 0.232 e. The number of benzene rings is 1. The first kappa shape index (κ1) is 23.6. The molecule has 0 unspecified atom stereocenters. The van der Waals surface area contributed by atoms with E-state index in [1.165, 1.54) is 0 Å². The standard InChI is InChI=1S/C23H31N3O4S/c1-3-12-29-18-20(27)16-25(9-13-28-2)17-21-22(19-7-5-4-6-8-19)24-30-23(21)26-10-14-31-15-11-26/h1,4-8,20,27H,9-18H2,2H3/t20-/m1/s1. The number of aliphatic hydroxyl groups excluding tert-OH is 1. The molecule has 1 aliphatic heterocycles. The molecule has 0 amide bonds. The number of methoxy groups -OCH3 is 1. The van der Waals surface area contributed by atoms with Gasteiger partial charge in [0.1, 0.15) is 12.3 Å². The molecule has 3 rings (SSSR count). The van der Waals surface area contributed by atoms with Crippen LogP contribution in [0.3, 0.4) is 0 Å². The van der Waals surface area contributed by atoms with Gasteiger partial charge in [-0.1, -0.05) is 41.4 Å². The summed E-state index contributed by atoms with van der Waals surface area (Å²) in [5.74, 6) is 5.38. The molecule has 0 aliphatic carbocycles. The van der Waals surface area contributed by atoms with Crippen molar-refractivity contribution in [3.8, 4) is 23.6 Å². The fourth-order valence-corrected chi connectivity index (χ4v) is 4.47. The third-order valence-corrected chi connectivity index (χ3v) is 6.01. The van der Waals surface area contributed by atoms with Crippen LogP contribution >= 0.6 is 11.8 Å². The Labute approximate surface area is 188 Å². The summed E-state index contributed by atoms with van der Waals surface area (Å²) < 4.78 is 16.5. The number of anilines is 1. The Morgan fingerprint density at radius 3 is 2.81 bits per heavy atom. The molecule has 1 aromatic carbocycles. The van der Waals surface area contributed by atoms with Gasteiger partial charge < -0.3 is 24.0 Å². The van der Waals surface area contributed by atoms with Crippen molar-refractivity contribution >= 4 is 17.6 Å². The Balaban J connectivity index is 1.83. The summed E-state index contributed by atoms with van der Waals surface area (Å²) in [6.07, 6.45) is 4.57. The first-order valence-electron chi connectivity index (χ1n) is 10.5. The molecule has 7 nitrogen and oxygen atoms in total. The molecule has 1 saturated heterocycles. The fourth-order valence-electron chi connectivity index (χ4n) is 3.56. The van der Waals surface area contributed by atoms with Crippen molar-refractivity contribution < 1.29 is 19.1 Å². The molecule has 1 aliphatic rings. The van der Waals surface area contributed by atoms with Crippen LogP contribution in [-0.2, 0) is 16.0 Å². The number of hydrogen-bond donors (Lipinski definition) is 1. The van der Waals surface area contributed by atoms with E-state index in [2.05, 4.69) is 20.9 Å². The van der Waals surface area contributed by atoms with Gasteiger partial charge in [0, 0.05) is 56.9 Å². The van der Waals surface area contributed by atoms with Gasteiger partial charge in [0.2, 0.25) is 5.88 Å². The van der Waals surface area contributed by atoms with Gasteiger partial charge in [-0.05, 0) is 0 Å². The molecule has 168 valence electrons. The number of nitrogens with zero attached hydrogens (tertiary/aromatic N) is 3. The van der Waals surface area contributed by atoms with E-state index >= 15 is 0 Å². The van der Waals surface area contributed by atoms with Crippen LogP contribution < -0.4 is 4.90 Å². The lowest BCUT2D eigenvalue weighted by atomic mass is 10.1. The molecule has 31 heavy (non-hydrogen) atoms. The number of aromatic nitrogens is 1. The fraction of sp³-hybridized carbons (Fsp3) is 0.522. The van der Waals surface area contributed by atoms with E-state index in [-0.39, 0.29) is 13.2 Å². The molecular formula is C23H31N3O4S. The second-order valence-corrected chi connectivity index (χ2v) is 8.61. The zero-order valence-corrected chi connectivity index (χ0v) is 18.9. The van der Waals surface area contributed by atoms with Crippen LogP contribution in [0.1, 0.15) is 5.56 Å². The number of terminal acetylenes is 1. The highest BCUT2D eigenvalue weighted by atomic mass is 32.2. The van der Waals surface area contributed by atoms with E-state index in [1.54, 1.807) is 7.11 Å². The summed E-state index contributed by atoms with van der Waals surface area (Å²) >= 11 is 1.95. The average Bonchev–Trinajstić information content (AvgIpc) is 3.22. The Morgan fingerprint density at radius 2 is 2.10 bits per heavy atom. The third-order valence-electron chi connectivity index (χ3n) is 5.07. The number of ether oxygens (including phenoxy) is 2. The predicted octanol–water partition coefficient (Wildman–Crippen LogP) is 2.35. The van der Waals surface area contributed by atoms with E-state index in [9.17, 15) is 5.11 Å². The van der Waals surface area contributed by atoms with Gasteiger partial charge in [-0.25, -0.2) is 0 Å². The summed E-state index contributed by atoms with van der Waals surface area (Å²) in [7, 11) is 1.68. The number of aliphatic hydroxyl groups is 1. The second-order valence-electron chi connectivity index (χ2n) is 7.38. The Bertz CT molecular complexity index is 818. The first-order valence-corrected chi connectivity index (χ1v) is 11.7. The molecule has 0 bridgehead atoms. The lowest BCUT2D eigenvalue weighted by molar-refractivity contribution is 0.0208. The zero-order valence-electron chi connectivity index (χ0n) is 18.0. The van der Waals surface area contributed by atoms with E-state index in [0.29, 0.717) is 26.2 Å². The Morgan fingerprint density at radius 1 is 1.32 bits per heavy atom. The average molecular weight is 446 g/mol. The normalized spacial score (nSPS) is 15.2. The number of thioether (sulfide) groups is 1. The molecule has 2 aromatic rings. The molecular weight excluding hydrogens is 414 g/mol. The summed E-state index contributed by atoms with van der Waals surface area (Å²) in [5, 5.41) is 14.9. The Hall–Kier alpha value is -2.02. The maximum atomic E-state index is 10.5. The Kier molecular flexibility index (Phi) is 9.72. The second kappa shape index (κ2) is 12.7. The van der Waals surface area contributed by atoms with Crippen molar-refractivity contribution in [3.05, 3.63) is 35.9 Å². The van der Waals surface area contributed by atoms with Crippen molar-refractivity contribution in [2.75, 3.05) is 69.5 Å². The maximum absolute atomic E-state index is 10.5. The topological polar surface area (TPSA) is 71.2 Å². The molecule has 1 fully saturated rings. The van der Waals surface area contributed by atoms with Gasteiger partial charge in [0.15, 0.2) is 0 Å². The highest BCUT2D eigenvalue weighted by molar-refractivity contribution is 7.99. The maximum Gasteiger partial charge on any atom is 0.232 e. The van der Waals surface area contributed by atoms with Crippen molar-refractivity contribution in [1.82, 2.24) is 10.1 Å². The van der Waals surface area contributed by atoms with Gasteiger partial charge in [0.25, 0.3) is 0 Å². The highest BCUT2D eigenvalue weighted by Crippen LogP contribution is 2.33. The van der Waals surface area contributed by atoms with Gasteiger partial charge >= 0.3 is 0 Å². The monoisotopic (exact) mass is 445 g/mol. The third kappa shape index (κ3) is 6.99. The van der Waals surface area contributed by atoms with Crippen LogP contribution in [0.25, 0.3) is 11.3 Å². The van der Waals surface area contributed by atoms with Gasteiger partial charge in [-0.2, -0.15) is 11.8 Å². The van der Waals surface area contributed by atoms with Gasteiger partial charge in [-0.15, -0.1) is 6.42 Å². The van der Waals surface area contributed by atoms with Crippen molar-refractivity contribution in [2.45, 2.75) is 12.6 Å². The van der Waals surface area contributed by atoms with Crippen molar-refractivity contribution in [3.63, 3.8) is 0 Å². The minimum atomic E-state index is -0.653. The number of hydrogen-bond acceptors (Lipinski definition) is 8. The summed E-state index contributed by atoms with van der Waals surface area (Å²) in [4.78, 5) is 4.42. The lowest BCUT2D eigenvalue weighted by Gasteiger charge is -2.29. The van der Waals surface area contributed by atoms with Crippen LogP contribution in [0.4, 0.5) is 5.88 Å². The molecule has 1 aromatic heterocycles. The largest absolute Gasteiger partial charge is 0.389 e. The summed E-state index contributed by atoms with van der Waals surface area (Å²) in [6, 6.07) is 10.1. The van der Waals surface area contributed by atoms with Crippen LogP contribution in [0, 0.1) is 12.3 Å². The minimum absolute atomic E-state index is 0.191. The van der Waals surface area contributed by atoms with Crippen molar-refractivity contribution in [1.29, 1.82) is 0 Å². The van der Waals surface area contributed by atoms with Crippen LogP contribution in [0.15, 0.2) is 34.9 Å². The van der Waals surface area contributed by atoms with E-state index in [4.69, 9.17) is 20.4 Å². The quantitative estimate of drug-likeness (QED) is 0.394. The minimum Gasteiger partial charge on any atom is -0.389 e. The summed E-state index contributed by atoms with van der Waals surface area (Å²) in [6.45, 7) is 4.49. The van der Waals surface area contributed by atoms with Crippen LogP contribution in [0.5, 0.6) is 0 Å². The van der Waals surface area contributed by atoms with E-state index < -0.39 is 6.10 Å². The van der Waals surface area contributed by atoms with E-state index in [0.717, 1.165) is 47.3 Å². The molecule has 1 atom stereocenters. The molecule has 1 N–H and O–H groups in total. The zero-order chi connectivity index (χ0) is 21.9. The number of rotatable bonds is 12. The highest BCUT2D eigenvalue weighted by Gasteiger charge is 2.26. The molecule has 0 saturated carbocycles. The SMILES string of the molecule is C#CCOC[C@H](O)CN(CCOC)Cc1c(-c2ccccc2)noc1N1CCSCC1. The predicted molar refractivity (Wildman–Crippen MR) is 124 cm³/mol. The van der Waals surface area contributed by atoms with Crippen LogP contribution in [-0.4, -0.2) is 85.9 Å². The first-order chi connectivity index (χ1) is 15.2. The summed E-state index contributed by atoms with van der Waals surface area (Å²) in [5.41, 5.74) is 2.89. The molecule has 0 spiro atoms. The van der Waals surface area contributed by atoms with E-state index in [1.807, 2.05) is 42.1 Å². The molecule has 2 heterocycles. The lowest BCUT2D eigenvalue weighted by Crippen LogP contribution is -2.38.